The average Bonchev–Trinajstić information content (AvgIpc) is 3.34. The van der Waals surface area contributed by atoms with Gasteiger partial charge in [0.2, 0.25) is 0 Å². The van der Waals surface area contributed by atoms with Gasteiger partial charge in [-0.1, -0.05) is 59.3 Å². The van der Waals surface area contributed by atoms with Gasteiger partial charge in [-0.05, 0) is 61.9 Å². The van der Waals surface area contributed by atoms with E-state index in [9.17, 15) is 4.79 Å². The van der Waals surface area contributed by atoms with Gasteiger partial charge in [-0.25, -0.2) is 9.78 Å². The summed E-state index contributed by atoms with van der Waals surface area (Å²) in [6.07, 6.45) is 2.44. The minimum Gasteiger partial charge on any atom is -0.444 e. The predicted molar refractivity (Wildman–Crippen MR) is 127 cm³/mol. The number of carbonyl (C=O) groups excluding carboxylic acids is 1. The van der Waals surface area contributed by atoms with E-state index in [1.54, 1.807) is 4.90 Å². The number of nitrogens with one attached hydrogen (secondary N) is 1. The molecule has 1 N–H and O–H groups in total. The number of rotatable bonds is 3. The molecule has 0 bridgehead atoms. The first kappa shape index (κ1) is 21.6. The van der Waals surface area contributed by atoms with Gasteiger partial charge in [0.25, 0.3) is 0 Å². The fraction of sp³-hybridized carbons (Fsp3) is 0.360. The van der Waals surface area contributed by atoms with E-state index >= 15 is 0 Å². The van der Waals surface area contributed by atoms with E-state index in [1.807, 2.05) is 39.1 Å². The fourth-order valence-corrected chi connectivity index (χ4v) is 4.23. The molecule has 6 heteroatoms. The number of amides is 1. The van der Waals surface area contributed by atoms with Crippen LogP contribution in [0.2, 0.25) is 0 Å². The lowest BCUT2D eigenvalue weighted by Crippen LogP contribution is -2.37. The monoisotopic (exact) mass is 481 g/mol. The van der Waals surface area contributed by atoms with E-state index in [4.69, 9.17) is 4.74 Å². The molecule has 0 spiro atoms. The van der Waals surface area contributed by atoms with Gasteiger partial charge >= 0.3 is 6.09 Å². The SMILES string of the molecule is CC1CC(c2ncc(-c3ccc(-c4ccc(Br)cc4)cc3)[nH]2)N(C(=O)OC(C)(C)C)C1. The van der Waals surface area contributed by atoms with Crippen molar-refractivity contribution in [1.82, 2.24) is 14.9 Å². The summed E-state index contributed by atoms with van der Waals surface area (Å²) in [6, 6.07) is 16.6. The van der Waals surface area contributed by atoms with Gasteiger partial charge in [-0.3, -0.25) is 4.90 Å². The molecule has 2 heterocycles. The van der Waals surface area contributed by atoms with Gasteiger partial charge < -0.3 is 9.72 Å². The molecule has 1 aliphatic rings. The van der Waals surface area contributed by atoms with Crippen LogP contribution in [-0.2, 0) is 4.74 Å². The second kappa shape index (κ2) is 8.50. The Balaban J connectivity index is 1.53. The summed E-state index contributed by atoms with van der Waals surface area (Å²) in [6.45, 7) is 8.51. The second-order valence-electron chi connectivity index (χ2n) is 9.26. The zero-order chi connectivity index (χ0) is 22.2. The summed E-state index contributed by atoms with van der Waals surface area (Å²) in [4.78, 5) is 22.6. The lowest BCUT2D eigenvalue weighted by atomic mass is 10.0. The number of imidazole rings is 1. The molecule has 2 aromatic carbocycles. The maximum absolute atomic E-state index is 12.7. The van der Waals surface area contributed by atoms with E-state index in [2.05, 4.69) is 69.2 Å². The fourth-order valence-electron chi connectivity index (χ4n) is 3.96. The Hall–Kier alpha value is -2.60. The molecule has 1 fully saturated rings. The van der Waals surface area contributed by atoms with Gasteiger partial charge in [0.1, 0.15) is 11.4 Å². The Labute approximate surface area is 192 Å². The van der Waals surface area contributed by atoms with E-state index in [-0.39, 0.29) is 12.1 Å². The summed E-state index contributed by atoms with van der Waals surface area (Å²) in [7, 11) is 0. The lowest BCUT2D eigenvalue weighted by Gasteiger charge is -2.27. The molecule has 1 aromatic heterocycles. The number of benzene rings is 2. The zero-order valence-electron chi connectivity index (χ0n) is 18.4. The molecule has 1 aliphatic heterocycles. The largest absolute Gasteiger partial charge is 0.444 e. The van der Waals surface area contributed by atoms with E-state index in [0.29, 0.717) is 12.5 Å². The number of aromatic amines is 1. The van der Waals surface area contributed by atoms with Gasteiger partial charge in [-0.2, -0.15) is 0 Å². The number of halogens is 1. The van der Waals surface area contributed by atoms with Gasteiger partial charge in [0.15, 0.2) is 0 Å². The molecular formula is C25H28BrN3O2. The highest BCUT2D eigenvalue weighted by Crippen LogP contribution is 2.36. The van der Waals surface area contributed by atoms with Crippen molar-refractivity contribution in [2.45, 2.75) is 45.8 Å². The van der Waals surface area contributed by atoms with E-state index in [1.165, 1.54) is 5.56 Å². The molecule has 0 aliphatic carbocycles. The first-order valence-electron chi connectivity index (χ1n) is 10.6. The number of nitrogens with zero attached hydrogens (tertiary/aromatic N) is 2. The first-order chi connectivity index (χ1) is 14.7. The van der Waals surface area contributed by atoms with Crippen LogP contribution in [0, 0.1) is 5.92 Å². The number of carbonyl (C=O) groups is 1. The summed E-state index contributed by atoms with van der Waals surface area (Å²) in [5.41, 5.74) is 3.83. The summed E-state index contributed by atoms with van der Waals surface area (Å²) < 4.78 is 6.69. The Bertz CT molecular complexity index is 1050. The van der Waals surface area contributed by atoms with Crippen LogP contribution in [0.3, 0.4) is 0 Å². The van der Waals surface area contributed by atoms with Crippen LogP contribution in [0.15, 0.2) is 59.2 Å². The molecule has 4 rings (SSSR count). The molecule has 5 nitrogen and oxygen atoms in total. The van der Waals surface area contributed by atoms with Crippen molar-refractivity contribution >= 4 is 22.0 Å². The molecular weight excluding hydrogens is 454 g/mol. The number of hydrogen-bond donors (Lipinski definition) is 1. The number of H-pyrrole nitrogens is 1. The lowest BCUT2D eigenvalue weighted by molar-refractivity contribution is 0.0214. The molecule has 0 radical (unpaired) electrons. The third kappa shape index (κ3) is 5.01. The number of likely N-dealkylation sites (tertiary alicyclic amines) is 1. The highest BCUT2D eigenvalue weighted by atomic mass is 79.9. The van der Waals surface area contributed by atoms with Crippen LogP contribution in [0.5, 0.6) is 0 Å². The summed E-state index contributed by atoms with van der Waals surface area (Å²) in [5.74, 6) is 1.21. The maximum Gasteiger partial charge on any atom is 0.410 e. The van der Waals surface area contributed by atoms with Gasteiger partial charge in [0, 0.05) is 11.0 Å². The third-order valence-corrected chi connectivity index (χ3v) is 5.95. The molecule has 1 saturated heterocycles. The standard InChI is InChI=1S/C25H28BrN3O2/c1-16-13-22(29(15-16)24(30)31-25(2,3)4)23-27-14-21(28-23)19-7-5-17(6-8-19)18-9-11-20(26)12-10-18/h5-12,14,16,22H,13,15H2,1-4H3,(H,27,28). The van der Waals surface area contributed by atoms with Crippen molar-refractivity contribution in [2.24, 2.45) is 5.92 Å². The van der Waals surface area contributed by atoms with Crippen molar-refractivity contribution in [1.29, 1.82) is 0 Å². The van der Waals surface area contributed by atoms with Crippen LogP contribution < -0.4 is 0 Å². The second-order valence-corrected chi connectivity index (χ2v) is 10.2. The smallest absolute Gasteiger partial charge is 0.410 e. The normalized spacial score (nSPS) is 18.9. The molecule has 3 aromatic rings. The molecule has 2 atom stereocenters. The minimum atomic E-state index is -0.516. The number of aromatic nitrogens is 2. The predicted octanol–water partition coefficient (Wildman–Crippen LogP) is 6.82. The molecule has 0 saturated carbocycles. The van der Waals surface area contributed by atoms with Crippen LogP contribution in [0.25, 0.3) is 22.4 Å². The number of hydrogen-bond acceptors (Lipinski definition) is 3. The van der Waals surface area contributed by atoms with Crippen LogP contribution in [-0.4, -0.2) is 33.1 Å². The van der Waals surface area contributed by atoms with E-state index in [0.717, 1.165) is 33.5 Å². The van der Waals surface area contributed by atoms with Crippen LogP contribution in [0.4, 0.5) is 4.79 Å². The van der Waals surface area contributed by atoms with Crippen molar-refractivity contribution in [2.75, 3.05) is 6.54 Å². The first-order valence-corrected chi connectivity index (χ1v) is 11.4. The van der Waals surface area contributed by atoms with Crippen molar-refractivity contribution in [3.05, 3.63) is 65.0 Å². The maximum atomic E-state index is 12.7. The van der Waals surface area contributed by atoms with Crippen molar-refractivity contribution in [3.8, 4) is 22.4 Å². The zero-order valence-corrected chi connectivity index (χ0v) is 19.9. The van der Waals surface area contributed by atoms with Crippen LogP contribution in [0.1, 0.15) is 46.0 Å². The van der Waals surface area contributed by atoms with E-state index < -0.39 is 5.60 Å². The molecule has 162 valence electrons. The Morgan fingerprint density at radius 2 is 1.65 bits per heavy atom. The molecule has 31 heavy (non-hydrogen) atoms. The Kier molecular flexibility index (Phi) is 5.93. The topological polar surface area (TPSA) is 58.2 Å². The quantitative estimate of drug-likeness (QED) is 0.446. The minimum absolute atomic E-state index is 0.0966. The van der Waals surface area contributed by atoms with Crippen molar-refractivity contribution in [3.63, 3.8) is 0 Å². The Morgan fingerprint density at radius 3 is 2.26 bits per heavy atom. The Morgan fingerprint density at radius 1 is 1.06 bits per heavy atom. The highest BCUT2D eigenvalue weighted by Gasteiger charge is 2.38. The molecule has 2 unspecified atom stereocenters. The van der Waals surface area contributed by atoms with Gasteiger partial charge in [0.05, 0.1) is 17.9 Å². The molecule has 1 amide bonds. The summed E-state index contributed by atoms with van der Waals surface area (Å²) in [5, 5.41) is 0. The van der Waals surface area contributed by atoms with Crippen molar-refractivity contribution < 1.29 is 9.53 Å². The van der Waals surface area contributed by atoms with Gasteiger partial charge in [-0.15, -0.1) is 0 Å². The third-order valence-electron chi connectivity index (χ3n) is 5.42. The average molecular weight is 482 g/mol. The number of ether oxygens (including phenoxy) is 1. The highest BCUT2D eigenvalue weighted by molar-refractivity contribution is 9.10. The summed E-state index contributed by atoms with van der Waals surface area (Å²) >= 11 is 3.48. The van der Waals surface area contributed by atoms with Crippen LogP contribution >= 0.6 is 15.9 Å².